The molecule has 0 aliphatic carbocycles. The van der Waals surface area contributed by atoms with Crippen molar-refractivity contribution in [2.45, 2.75) is 18.5 Å². The van der Waals surface area contributed by atoms with Gasteiger partial charge >= 0.3 is 0 Å². The van der Waals surface area contributed by atoms with Crippen LogP contribution in [0.1, 0.15) is 11.3 Å². The lowest BCUT2D eigenvalue weighted by Gasteiger charge is -2.20. The molecule has 1 aromatic rings. The third kappa shape index (κ3) is 2.45. The van der Waals surface area contributed by atoms with Crippen LogP contribution in [0.15, 0.2) is 15.9 Å². The Hall–Kier alpha value is -0.430. The Kier molecular flexibility index (Phi) is 3.63. The number of rotatable bonds is 3. The van der Waals surface area contributed by atoms with Crippen molar-refractivity contribution in [1.29, 1.82) is 0 Å². The summed E-state index contributed by atoms with van der Waals surface area (Å²) in [5, 5.41) is 4.82. The molecule has 1 aliphatic heterocycles. The molecule has 0 spiro atoms. The van der Waals surface area contributed by atoms with Crippen molar-refractivity contribution in [1.82, 2.24) is 5.32 Å². The average Bonchev–Trinajstić information content (AvgIpc) is 2.85. The largest absolute Gasteiger partial charge is 0.379 e. The van der Waals surface area contributed by atoms with Gasteiger partial charge in [-0.2, -0.15) is 0 Å². The van der Waals surface area contributed by atoms with E-state index in [2.05, 4.69) is 21.2 Å². The van der Waals surface area contributed by atoms with E-state index in [0.29, 0.717) is 26.2 Å². The highest BCUT2D eigenvalue weighted by Gasteiger charge is 2.38. The standard InChI is InChI=1S/C10H13BrN2O2S/c11-7-1-4-16-8(7)5-13-9(14)10(12)2-3-15-6-10/h1,4H,2-3,5-6,12H2,(H,13,14). The van der Waals surface area contributed by atoms with Crippen LogP contribution in [0.4, 0.5) is 0 Å². The van der Waals surface area contributed by atoms with Crippen LogP contribution in [-0.2, 0) is 16.1 Å². The van der Waals surface area contributed by atoms with E-state index < -0.39 is 5.54 Å². The number of halogens is 1. The minimum absolute atomic E-state index is 0.134. The number of nitrogens with one attached hydrogen (secondary N) is 1. The maximum Gasteiger partial charge on any atom is 0.242 e. The number of hydrogen-bond acceptors (Lipinski definition) is 4. The first-order valence-electron chi connectivity index (χ1n) is 4.99. The van der Waals surface area contributed by atoms with E-state index in [4.69, 9.17) is 10.5 Å². The van der Waals surface area contributed by atoms with Gasteiger partial charge in [-0.15, -0.1) is 11.3 Å². The maximum atomic E-state index is 11.8. The number of hydrogen-bond donors (Lipinski definition) is 2. The number of nitrogens with two attached hydrogens (primary N) is 1. The fraction of sp³-hybridized carbons (Fsp3) is 0.500. The highest BCUT2D eigenvalue weighted by Crippen LogP contribution is 2.22. The monoisotopic (exact) mass is 304 g/mol. The van der Waals surface area contributed by atoms with E-state index in [1.165, 1.54) is 0 Å². The molecular weight excluding hydrogens is 292 g/mol. The predicted molar refractivity (Wildman–Crippen MR) is 66.2 cm³/mol. The third-order valence-electron chi connectivity index (χ3n) is 2.60. The van der Waals surface area contributed by atoms with Crippen LogP contribution in [0.25, 0.3) is 0 Å². The second-order valence-electron chi connectivity index (χ2n) is 3.83. The van der Waals surface area contributed by atoms with Crippen LogP contribution in [-0.4, -0.2) is 24.7 Å². The van der Waals surface area contributed by atoms with Gasteiger partial charge in [-0.3, -0.25) is 4.79 Å². The van der Waals surface area contributed by atoms with Crippen LogP contribution in [0, 0.1) is 0 Å². The van der Waals surface area contributed by atoms with Crippen molar-refractivity contribution in [2.24, 2.45) is 5.73 Å². The smallest absolute Gasteiger partial charge is 0.242 e. The molecule has 0 saturated carbocycles. The van der Waals surface area contributed by atoms with Gasteiger partial charge in [-0.25, -0.2) is 0 Å². The Morgan fingerprint density at radius 3 is 3.12 bits per heavy atom. The Bertz CT molecular complexity index is 388. The van der Waals surface area contributed by atoms with Crippen LogP contribution in [0.3, 0.4) is 0 Å². The molecule has 1 amide bonds. The summed E-state index contributed by atoms with van der Waals surface area (Å²) in [6.45, 7) is 1.38. The topological polar surface area (TPSA) is 64.4 Å². The molecule has 1 unspecified atom stereocenters. The van der Waals surface area contributed by atoms with Crippen molar-refractivity contribution in [3.8, 4) is 0 Å². The third-order valence-corrected chi connectivity index (χ3v) is 4.53. The molecule has 4 nitrogen and oxygen atoms in total. The van der Waals surface area contributed by atoms with E-state index in [-0.39, 0.29) is 5.91 Å². The Balaban J connectivity index is 1.91. The summed E-state index contributed by atoms with van der Waals surface area (Å²) in [5.41, 5.74) is 5.09. The quantitative estimate of drug-likeness (QED) is 0.883. The number of carbonyl (C=O) groups is 1. The highest BCUT2D eigenvalue weighted by atomic mass is 79.9. The number of ether oxygens (including phenoxy) is 1. The number of carbonyl (C=O) groups excluding carboxylic acids is 1. The fourth-order valence-corrected chi connectivity index (χ4v) is 2.98. The zero-order valence-corrected chi connectivity index (χ0v) is 11.1. The molecule has 2 rings (SSSR count). The number of thiophene rings is 1. The first kappa shape index (κ1) is 12.0. The molecule has 1 atom stereocenters. The molecule has 6 heteroatoms. The van der Waals surface area contributed by atoms with Crippen molar-refractivity contribution in [3.63, 3.8) is 0 Å². The summed E-state index contributed by atoms with van der Waals surface area (Å²) < 4.78 is 6.17. The fourth-order valence-electron chi connectivity index (χ4n) is 1.55. The lowest BCUT2D eigenvalue weighted by Crippen LogP contribution is -2.54. The van der Waals surface area contributed by atoms with Gasteiger partial charge in [0.15, 0.2) is 0 Å². The average molecular weight is 305 g/mol. The van der Waals surface area contributed by atoms with E-state index >= 15 is 0 Å². The van der Waals surface area contributed by atoms with Gasteiger partial charge < -0.3 is 15.8 Å². The van der Waals surface area contributed by atoms with E-state index in [1.807, 2.05) is 11.4 Å². The molecule has 16 heavy (non-hydrogen) atoms. The van der Waals surface area contributed by atoms with Crippen LogP contribution in [0.2, 0.25) is 0 Å². The van der Waals surface area contributed by atoms with Crippen molar-refractivity contribution >= 4 is 33.2 Å². The van der Waals surface area contributed by atoms with Gasteiger partial charge in [0.1, 0.15) is 5.54 Å². The molecule has 1 aromatic heterocycles. The molecule has 1 fully saturated rings. The van der Waals surface area contributed by atoms with Crippen LogP contribution >= 0.6 is 27.3 Å². The second kappa shape index (κ2) is 4.83. The lowest BCUT2D eigenvalue weighted by molar-refractivity contribution is -0.126. The number of amides is 1. The van der Waals surface area contributed by atoms with Crippen molar-refractivity contribution in [2.75, 3.05) is 13.2 Å². The molecule has 0 bridgehead atoms. The zero-order chi connectivity index (χ0) is 11.6. The molecule has 1 saturated heterocycles. The molecule has 2 heterocycles. The lowest BCUT2D eigenvalue weighted by atomic mass is 9.99. The van der Waals surface area contributed by atoms with Crippen molar-refractivity contribution < 1.29 is 9.53 Å². The van der Waals surface area contributed by atoms with E-state index in [9.17, 15) is 4.79 Å². The predicted octanol–water partition coefficient (Wildman–Crippen LogP) is 1.24. The van der Waals surface area contributed by atoms with E-state index in [0.717, 1.165) is 9.35 Å². The summed E-state index contributed by atoms with van der Waals surface area (Å²) in [6, 6.07) is 1.96. The van der Waals surface area contributed by atoms with Crippen molar-refractivity contribution in [3.05, 3.63) is 20.8 Å². The summed E-state index contributed by atoms with van der Waals surface area (Å²) in [6.07, 6.45) is 0.588. The first-order chi connectivity index (χ1) is 7.62. The Labute approximate surface area is 106 Å². The molecule has 0 radical (unpaired) electrons. The van der Waals surface area contributed by atoms with Crippen LogP contribution in [0.5, 0.6) is 0 Å². The molecule has 3 N–H and O–H groups in total. The highest BCUT2D eigenvalue weighted by molar-refractivity contribution is 9.10. The van der Waals surface area contributed by atoms with Gasteiger partial charge in [-0.05, 0) is 33.8 Å². The van der Waals surface area contributed by atoms with Gasteiger partial charge in [0.05, 0.1) is 13.2 Å². The van der Waals surface area contributed by atoms with Gasteiger partial charge in [0.2, 0.25) is 5.91 Å². The normalized spacial score (nSPS) is 24.6. The van der Waals surface area contributed by atoms with Crippen LogP contribution < -0.4 is 11.1 Å². The van der Waals surface area contributed by atoms with E-state index in [1.54, 1.807) is 11.3 Å². The summed E-state index contributed by atoms with van der Waals surface area (Å²) in [4.78, 5) is 12.9. The van der Waals surface area contributed by atoms with Gasteiger partial charge in [-0.1, -0.05) is 0 Å². The summed E-state index contributed by atoms with van der Waals surface area (Å²) in [5.74, 6) is -0.134. The summed E-state index contributed by atoms with van der Waals surface area (Å²) in [7, 11) is 0. The molecule has 0 aromatic carbocycles. The minimum atomic E-state index is -0.844. The Morgan fingerprint density at radius 2 is 2.56 bits per heavy atom. The molecule has 1 aliphatic rings. The Morgan fingerprint density at radius 1 is 1.75 bits per heavy atom. The van der Waals surface area contributed by atoms with Gasteiger partial charge in [0.25, 0.3) is 0 Å². The minimum Gasteiger partial charge on any atom is -0.379 e. The maximum absolute atomic E-state index is 11.8. The second-order valence-corrected chi connectivity index (χ2v) is 5.69. The summed E-state index contributed by atoms with van der Waals surface area (Å²) >= 11 is 5.02. The zero-order valence-electron chi connectivity index (χ0n) is 8.66. The SMILES string of the molecule is NC1(C(=O)NCc2sccc2Br)CCOC1. The molecular formula is C10H13BrN2O2S. The first-order valence-corrected chi connectivity index (χ1v) is 6.66. The van der Waals surface area contributed by atoms with Gasteiger partial charge in [0, 0.05) is 16.0 Å². The molecule has 88 valence electrons.